The van der Waals surface area contributed by atoms with Crippen LogP contribution in [0, 0.1) is 20.8 Å². The normalized spacial score (nSPS) is 16.4. The monoisotopic (exact) mass is 462 g/mol. The highest BCUT2D eigenvalue weighted by molar-refractivity contribution is 5.92. The summed E-state index contributed by atoms with van der Waals surface area (Å²) in [6, 6.07) is 12.9. The van der Waals surface area contributed by atoms with Gasteiger partial charge in [-0.05, 0) is 104 Å². The first-order valence-electron chi connectivity index (χ1n) is 11.7. The van der Waals surface area contributed by atoms with Crippen molar-refractivity contribution in [3.8, 4) is 22.8 Å². The molecule has 1 aliphatic heterocycles. The molecule has 0 bridgehead atoms. The van der Waals surface area contributed by atoms with E-state index >= 15 is 0 Å². The number of rotatable bonds is 5. The highest BCUT2D eigenvalue weighted by Crippen LogP contribution is 2.39. The minimum Gasteiger partial charge on any atom is -0.439 e. The van der Waals surface area contributed by atoms with Crippen LogP contribution in [0.3, 0.4) is 0 Å². The smallest absolute Gasteiger partial charge is 0.269 e. The number of halogens is 2. The third kappa shape index (κ3) is 4.18. The van der Waals surface area contributed by atoms with Crippen molar-refractivity contribution >= 4 is 10.9 Å². The summed E-state index contributed by atoms with van der Waals surface area (Å²) in [6.45, 7) is 7.09. The number of H-pyrrole nitrogens is 1. The molecule has 0 amide bonds. The number of hydrogen-bond donors (Lipinski definition) is 1. The van der Waals surface area contributed by atoms with E-state index < -0.39 is 6.43 Å². The van der Waals surface area contributed by atoms with Gasteiger partial charge in [0.25, 0.3) is 6.43 Å². The molecule has 1 fully saturated rings. The Bertz CT molecular complexity index is 1340. The molecule has 0 aliphatic carbocycles. The van der Waals surface area contributed by atoms with Crippen molar-refractivity contribution in [3.63, 3.8) is 0 Å². The van der Waals surface area contributed by atoms with E-state index in [9.17, 15) is 8.78 Å². The topological polar surface area (TPSA) is 47.1 Å². The van der Waals surface area contributed by atoms with Crippen LogP contribution in [0.25, 0.3) is 22.0 Å². The van der Waals surface area contributed by atoms with Crippen LogP contribution in [0.2, 0.25) is 0 Å². The zero-order valence-corrected chi connectivity index (χ0v) is 19.6. The maximum atomic E-state index is 13.3. The second-order valence-corrected chi connectivity index (χ2v) is 9.01. The quantitative estimate of drug-likeness (QED) is 0.326. The lowest BCUT2D eigenvalue weighted by molar-refractivity contribution is 0.0127. The molecule has 0 saturated carbocycles. The highest BCUT2D eigenvalue weighted by Gasteiger charge is 2.21. The first kappa shape index (κ1) is 22.5. The molecule has 1 unspecified atom stereocenters. The molecule has 3 heterocycles. The number of aromatic nitrogens is 2. The second kappa shape index (κ2) is 9.18. The molecule has 1 N–H and O–H groups in total. The average molecular weight is 463 g/mol. The number of nitrogens with zero attached hydrogens (tertiary/aromatic N) is 1. The zero-order chi connectivity index (χ0) is 23.8. The van der Waals surface area contributed by atoms with E-state index in [1.165, 1.54) is 46.8 Å². The summed E-state index contributed by atoms with van der Waals surface area (Å²) >= 11 is 0. The van der Waals surface area contributed by atoms with E-state index in [4.69, 9.17) is 9.47 Å². The van der Waals surface area contributed by atoms with Gasteiger partial charge in [-0.25, -0.2) is 13.8 Å². The van der Waals surface area contributed by atoms with Crippen LogP contribution < -0.4 is 4.74 Å². The number of aromatic amines is 1. The van der Waals surface area contributed by atoms with E-state index in [0.29, 0.717) is 5.75 Å². The molecular formula is C28H28F2N2O2. The summed E-state index contributed by atoms with van der Waals surface area (Å²) < 4.78 is 38.3. The lowest BCUT2D eigenvalue weighted by Gasteiger charge is -2.21. The summed E-state index contributed by atoms with van der Waals surface area (Å²) in [5.41, 5.74) is 7.69. The average Bonchev–Trinajstić information content (AvgIpc) is 3.25. The number of alkyl halides is 2. The van der Waals surface area contributed by atoms with E-state index in [1.807, 2.05) is 25.1 Å². The van der Waals surface area contributed by atoms with Crippen LogP contribution in [0.15, 0.2) is 48.7 Å². The number of ether oxygens (including phenoxy) is 2. The molecule has 4 nitrogen and oxygen atoms in total. The maximum Gasteiger partial charge on any atom is 0.269 e. The van der Waals surface area contributed by atoms with Crippen molar-refractivity contribution in [2.24, 2.45) is 0 Å². The number of aryl methyl sites for hydroxylation is 3. The highest BCUT2D eigenvalue weighted by atomic mass is 19.3. The van der Waals surface area contributed by atoms with Crippen molar-refractivity contribution in [2.75, 3.05) is 6.61 Å². The van der Waals surface area contributed by atoms with Gasteiger partial charge in [0, 0.05) is 29.4 Å². The van der Waals surface area contributed by atoms with Gasteiger partial charge < -0.3 is 14.5 Å². The van der Waals surface area contributed by atoms with E-state index in [2.05, 4.69) is 35.9 Å². The van der Waals surface area contributed by atoms with E-state index in [1.54, 1.807) is 0 Å². The number of pyridine rings is 1. The molecule has 5 rings (SSSR count). The summed E-state index contributed by atoms with van der Waals surface area (Å²) in [6.07, 6.45) is 2.30. The first-order valence-corrected chi connectivity index (χ1v) is 11.7. The Morgan fingerprint density at radius 1 is 1.06 bits per heavy atom. The second-order valence-electron chi connectivity index (χ2n) is 9.01. The van der Waals surface area contributed by atoms with Crippen LogP contribution >= 0.6 is 0 Å². The number of hydrogen-bond acceptors (Lipinski definition) is 3. The van der Waals surface area contributed by atoms with Crippen LogP contribution in [0.4, 0.5) is 8.78 Å². The molecule has 6 heteroatoms. The minimum atomic E-state index is -2.65. The largest absolute Gasteiger partial charge is 0.439 e. The Morgan fingerprint density at radius 3 is 2.65 bits per heavy atom. The Hall–Kier alpha value is -3.25. The van der Waals surface area contributed by atoms with Gasteiger partial charge in [0.1, 0.15) is 5.75 Å². The summed E-state index contributed by atoms with van der Waals surface area (Å²) in [5.74, 6) is 0.417. The van der Waals surface area contributed by atoms with Gasteiger partial charge in [-0.1, -0.05) is 6.07 Å². The van der Waals surface area contributed by atoms with Gasteiger partial charge in [0.05, 0.1) is 11.7 Å². The van der Waals surface area contributed by atoms with Gasteiger partial charge >= 0.3 is 0 Å². The molecule has 176 valence electrons. The van der Waals surface area contributed by atoms with Gasteiger partial charge in [0.2, 0.25) is 5.88 Å². The van der Waals surface area contributed by atoms with Gasteiger partial charge in [-0.3, -0.25) is 0 Å². The van der Waals surface area contributed by atoms with Crippen LogP contribution in [-0.4, -0.2) is 16.6 Å². The molecule has 1 atom stereocenters. The predicted molar refractivity (Wildman–Crippen MR) is 130 cm³/mol. The molecule has 34 heavy (non-hydrogen) atoms. The van der Waals surface area contributed by atoms with E-state index in [-0.39, 0.29) is 17.5 Å². The third-order valence-corrected chi connectivity index (χ3v) is 6.65. The Morgan fingerprint density at radius 2 is 1.91 bits per heavy atom. The Balaban J connectivity index is 1.50. The first-order chi connectivity index (χ1) is 16.4. The molecule has 1 saturated heterocycles. The number of nitrogens with one attached hydrogen (secondary N) is 1. The molecule has 1 aliphatic rings. The summed E-state index contributed by atoms with van der Waals surface area (Å²) in [7, 11) is 0. The fourth-order valence-electron chi connectivity index (χ4n) is 4.96. The number of benzene rings is 2. The Labute approximate surface area is 197 Å². The predicted octanol–water partition coefficient (Wildman–Crippen LogP) is 8.13. The van der Waals surface area contributed by atoms with Crippen LogP contribution in [0.5, 0.6) is 11.6 Å². The number of fused-ring (bicyclic) bond motifs is 1. The van der Waals surface area contributed by atoms with Crippen molar-refractivity contribution in [1.82, 2.24) is 9.97 Å². The molecule has 0 spiro atoms. The van der Waals surface area contributed by atoms with Gasteiger partial charge in [-0.2, -0.15) is 0 Å². The van der Waals surface area contributed by atoms with Crippen LogP contribution in [-0.2, 0) is 4.74 Å². The fourth-order valence-corrected chi connectivity index (χ4v) is 4.96. The van der Waals surface area contributed by atoms with Crippen molar-refractivity contribution in [2.45, 2.75) is 52.6 Å². The molecule has 2 aromatic heterocycles. The minimum absolute atomic E-state index is 0.0665. The standard InChI is InChI=1S/C28H28F2N2O2/c1-16-13-19(34-28-21(27(29)30)7-6-11-31-28)9-10-20(16)26-17(2)14-23-22(18(26)3)15-24(32-23)25-8-4-5-12-33-25/h6-7,9-11,13-15,25,27,32H,4-5,8,12H2,1-3H3. The van der Waals surface area contributed by atoms with Crippen molar-refractivity contribution < 1.29 is 18.3 Å². The van der Waals surface area contributed by atoms with Gasteiger partial charge in [-0.15, -0.1) is 0 Å². The fraction of sp³-hybridized carbons (Fsp3) is 0.321. The molecular weight excluding hydrogens is 434 g/mol. The van der Waals surface area contributed by atoms with Crippen molar-refractivity contribution in [3.05, 3.63) is 76.6 Å². The van der Waals surface area contributed by atoms with Gasteiger partial charge in [0.15, 0.2) is 0 Å². The Kier molecular flexibility index (Phi) is 6.09. The molecule has 2 aromatic carbocycles. The zero-order valence-electron chi connectivity index (χ0n) is 19.6. The third-order valence-electron chi connectivity index (χ3n) is 6.65. The van der Waals surface area contributed by atoms with Crippen molar-refractivity contribution in [1.29, 1.82) is 0 Å². The van der Waals surface area contributed by atoms with Crippen LogP contribution in [0.1, 0.15) is 59.7 Å². The molecule has 0 radical (unpaired) electrons. The SMILES string of the molecule is Cc1cc(Oc2ncccc2C(F)F)ccc1-c1c(C)cc2[nH]c(C3CCCCO3)cc2c1C. The molecule has 4 aromatic rings. The summed E-state index contributed by atoms with van der Waals surface area (Å²) in [4.78, 5) is 7.57. The van der Waals surface area contributed by atoms with E-state index in [0.717, 1.165) is 41.8 Å². The summed E-state index contributed by atoms with van der Waals surface area (Å²) in [5, 5.41) is 1.19. The maximum absolute atomic E-state index is 13.3. The lowest BCUT2D eigenvalue weighted by Crippen LogP contribution is -2.11. The lowest BCUT2D eigenvalue weighted by atomic mass is 9.90.